The van der Waals surface area contributed by atoms with E-state index in [-0.39, 0.29) is 0 Å². The molecule has 0 saturated heterocycles. The molecule has 0 spiro atoms. The number of nitrogens with one attached hydrogen (secondary N) is 1. The van der Waals surface area contributed by atoms with E-state index in [4.69, 9.17) is 0 Å². The lowest BCUT2D eigenvalue weighted by molar-refractivity contribution is 0.418. The van der Waals surface area contributed by atoms with Crippen LogP contribution in [0.4, 0.5) is 0 Å². The standard InChI is InChI=1S/C19H31N/c1-3-4-5-6-7-14-19(20-2)18-13-9-12-17(15-18)16-10-8-11-16/h9,12-13,15-16,19-20H,3-8,10-11,14H2,1-2H3. The normalized spacial score (nSPS) is 16.9. The summed E-state index contributed by atoms with van der Waals surface area (Å²) in [6, 6.07) is 9.87. The lowest BCUT2D eigenvalue weighted by Gasteiger charge is -2.27. The van der Waals surface area contributed by atoms with Gasteiger partial charge in [-0.2, -0.15) is 0 Å². The van der Waals surface area contributed by atoms with Gasteiger partial charge in [0.15, 0.2) is 0 Å². The molecule has 0 amide bonds. The first-order valence-corrected chi connectivity index (χ1v) is 8.62. The zero-order valence-electron chi connectivity index (χ0n) is 13.3. The number of hydrogen-bond acceptors (Lipinski definition) is 1. The van der Waals surface area contributed by atoms with Crippen LogP contribution in [0.15, 0.2) is 24.3 Å². The molecule has 1 aromatic carbocycles. The fraction of sp³-hybridized carbons (Fsp3) is 0.684. The van der Waals surface area contributed by atoms with Crippen molar-refractivity contribution in [2.75, 3.05) is 7.05 Å². The number of rotatable bonds is 9. The summed E-state index contributed by atoms with van der Waals surface area (Å²) in [5.41, 5.74) is 3.06. The van der Waals surface area contributed by atoms with Crippen LogP contribution in [-0.4, -0.2) is 7.05 Å². The molecule has 20 heavy (non-hydrogen) atoms. The first-order valence-electron chi connectivity index (χ1n) is 8.62. The molecule has 1 N–H and O–H groups in total. The van der Waals surface area contributed by atoms with Crippen molar-refractivity contribution in [2.45, 2.75) is 76.7 Å². The molecule has 1 saturated carbocycles. The van der Waals surface area contributed by atoms with Crippen LogP contribution in [0.5, 0.6) is 0 Å². The van der Waals surface area contributed by atoms with Gasteiger partial charge in [0.25, 0.3) is 0 Å². The van der Waals surface area contributed by atoms with Gasteiger partial charge >= 0.3 is 0 Å². The Morgan fingerprint density at radius 1 is 1.15 bits per heavy atom. The first kappa shape index (κ1) is 15.6. The van der Waals surface area contributed by atoms with Crippen molar-refractivity contribution in [1.29, 1.82) is 0 Å². The molecule has 1 heteroatoms. The van der Waals surface area contributed by atoms with Gasteiger partial charge in [-0.3, -0.25) is 0 Å². The minimum Gasteiger partial charge on any atom is -0.313 e. The van der Waals surface area contributed by atoms with Gasteiger partial charge in [0.2, 0.25) is 0 Å². The van der Waals surface area contributed by atoms with Crippen molar-refractivity contribution in [2.24, 2.45) is 0 Å². The molecule has 0 aliphatic heterocycles. The molecule has 0 bridgehead atoms. The van der Waals surface area contributed by atoms with Crippen LogP contribution < -0.4 is 5.32 Å². The fourth-order valence-electron chi connectivity index (χ4n) is 3.20. The summed E-state index contributed by atoms with van der Waals surface area (Å²) in [5, 5.41) is 3.51. The summed E-state index contributed by atoms with van der Waals surface area (Å²) in [6.07, 6.45) is 12.3. The summed E-state index contributed by atoms with van der Waals surface area (Å²) in [7, 11) is 2.10. The maximum atomic E-state index is 3.51. The molecular weight excluding hydrogens is 242 g/mol. The third kappa shape index (κ3) is 4.34. The highest BCUT2D eigenvalue weighted by Crippen LogP contribution is 2.37. The summed E-state index contributed by atoms with van der Waals surface area (Å²) >= 11 is 0. The molecule has 0 radical (unpaired) electrons. The van der Waals surface area contributed by atoms with E-state index in [1.807, 2.05) is 0 Å². The average Bonchev–Trinajstić information content (AvgIpc) is 2.41. The van der Waals surface area contributed by atoms with E-state index in [1.165, 1.54) is 63.4 Å². The molecule has 1 aliphatic carbocycles. The van der Waals surface area contributed by atoms with Crippen LogP contribution in [-0.2, 0) is 0 Å². The molecule has 1 fully saturated rings. The number of benzene rings is 1. The predicted molar refractivity (Wildman–Crippen MR) is 88.2 cm³/mol. The van der Waals surface area contributed by atoms with Crippen LogP contribution in [0.25, 0.3) is 0 Å². The molecule has 1 atom stereocenters. The number of hydrogen-bond donors (Lipinski definition) is 1. The van der Waals surface area contributed by atoms with Gasteiger partial charge in [0.1, 0.15) is 0 Å². The van der Waals surface area contributed by atoms with Crippen LogP contribution >= 0.6 is 0 Å². The van der Waals surface area contributed by atoms with Gasteiger partial charge in [-0.1, -0.05) is 69.7 Å². The van der Waals surface area contributed by atoms with E-state index < -0.39 is 0 Å². The Kier molecular flexibility index (Phi) is 6.59. The minimum atomic E-state index is 0.539. The van der Waals surface area contributed by atoms with Crippen LogP contribution in [0, 0.1) is 0 Å². The van der Waals surface area contributed by atoms with Gasteiger partial charge in [0, 0.05) is 6.04 Å². The van der Waals surface area contributed by atoms with E-state index >= 15 is 0 Å². The maximum Gasteiger partial charge on any atom is 0.0317 e. The maximum absolute atomic E-state index is 3.51. The van der Waals surface area contributed by atoms with Crippen molar-refractivity contribution >= 4 is 0 Å². The Morgan fingerprint density at radius 3 is 2.60 bits per heavy atom. The lowest BCUT2D eigenvalue weighted by atomic mass is 9.79. The van der Waals surface area contributed by atoms with E-state index in [0.29, 0.717) is 6.04 Å². The molecule has 1 aromatic rings. The Morgan fingerprint density at radius 2 is 1.95 bits per heavy atom. The highest BCUT2D eigenvalue weighted by molar-refractivity contribution is 5.29. The van der Waals surface area contributed by atoms with E-state index in [9.17, 15) is 0 Å². The fourth-order valence-corrected chi connectivity index (χ4v) is 3.20. The minimum absolute atomic E-state index is 0.539. The molecule has 112 valence electrons. The van der Waals surface area contributed by atoms with Gasteiger partial charge in [-0.25, -0.2) is 0 Å². The summed E-state index contributed by atoms with van der Waals surface area (Å²) in [6.45, 7) is 2.28. The first-order chi connectivity index (χ1) is 9.85. The summed E-state index contributed by atoms with van der Waals surface area (Å²) in [4.78, 5) is 0. The van der Waals surface area contributed by atoms with E-state index in [1.54, 1.807) is 5.56 Å². The van der Waals surface area contributed by atoms with E-state index in [0.717, 1.165) is 5.92 Å². The zero-order valence-corrected chi connectivity index (χ0v) is 13.3. The van der Waals surface area contributed by atoms with Crippen molar-refractivity contribution in [3.8, 4) is 0 Å². The highest BCUT2D eigenvalue weighted by Gasteiger charge is 2.20. The van der Waals surface area contributed by atoms with Gasteiger partial charge < -0.3 is 5.32 Å². The van der Waals surface area contributed by atoms with Gasteiger partial charge in [-0.05, 0) is 43.4 Å². The third-order valence-corrected chi connectivity index (χ3v) is 4.83. The van der Waals surface area contributed by atoms with Crippen LogP contribution in [0.1, 0.15) is 87.8 Å². The lowest BCUT2D eigenvalue weighted by Crippen LogP contribution is -2.17. The van der Waals surface area contributed by atoms with E-state index in [2.05, 4.69) is 43.6 Å². The van der Waals surface area contributed by atoms with Crippen molar-refractivity contribution in [1.82, 2.24) is 5.32 Å². The van der Waals surface area contributed by atoms with Crippen molar-refractivity contribution in [3.63, 3.8) is 0 Å². The molecule has 0 heterocycles. The SMILES string of the molecule is CCCCCCCC(NC)c1cccc(C2CCC2)c1. The molecule has 1 aliphatic rings. The van der Waals surface area contributed by atoms with Crippen molar-refractivity contribution < 1.29 is 0 Å². The molecule has 1 unspecified atom stereocenters. The second-order valence-corrected chi connectivity index (χ2v) is 6.34. The Balaban J connectivity index is 1.86. The monoisotopic (exact) mass is 273 g/mol. The van der Waals surface area contributed by atoms with Crippen LogP contribution in [0.2, 0.25) is 0 Å². The Bertz CT molecular complexity index is 381. The smallest absolute Gasteiger partial charge is 0.0317 e. The molecule has 0 aromatic heterocycles. The third-order valence-electron chi connectivity index (χ3n) is 4.83. The summed E-state index contributed by atoms with van der Waals surface area (Å²) < 4.78 is 0. The molecule has 1 nitrogen and oxygen atoms in total. The van der Waals surface area contributed by atoms with Crippen LogP contribution in [0.3, 0.4) is 0 Å². The second-order valence-electron chi connectivity index (χ2n) is 6.34. The molecular formula is C19H31N. The highest BCUT2D eigenvalue weighted by atomic mass is 14.9. The molecule has 2 rings (SSSR count). The quantitative estimate of drug-likeness (QED) is 0.579. The average molecular weight is 273 g/mol. The van der Waals surface area contributed by atoms with Gasteiger partial charge in [0.05, 0.1) is 0 Å². The zero-order chi connectivity index (χ0) is 14.2. The van der Waals surface area contributed by atoms with Gasteiger partial charge in [-0.15, -0.1) is 0 Å². The second kappa shape index (κ2) is 8.46. The Hall–Kier alpha value is -0.820. The summed E-state index contributed by atoms with van der Waals surface area (Å²) in [5.74, 6) is 0.844. The van der Waals surface area contributed by atoms with Crippen molar-refractivity contribution in [3.05, 3.63) is 35.4 Å². The number of unbranched alkanes of at least 4 members (excludes halogenated alkanes) is 4. The Labute approximate surface area is 125 Å². The largest absolute Gasteiger partial charge is 0.313 e. The topological polar surface area (TPSA) is 12.0 Å². The predicted octanol–water partition coefficient (Wildman–Crippen LogP) is 5.58.